The Morgan fingerprint density at radius 2 is 2.09 bits per heavy atom. The quantitative estimate of drug-likeness (QED) is 0.787. The van der Waals surface area contributed by atoms with E-state index in [1.807, 2.05) is 0 Å². The molecule has 1 aliphatic rings. The molecule has 2 atom stereocenters. The molecule has 0 saturated heterocycles. The van der Waals surface area contributed by atoms with E-state index in [0.29, 0.717) is 24.4 Å². The largest absolute Gasteiger partial charge is 0.497 e. The van der Waals surface area contributed by atoms with Gasteiger partial charge in [0.2, 0.25) is 11.8 Å². The number of carboxylic acids is 1. The first-order valence-corrected chi connectivity index (χ1v) is 7.41. The average Bonchev–Trinajstić information content (AvgIpc) is 3.33. The molecule has 1 aromatic rings. The molecule has 0 aromatic heterocycles. The summed E-state index contributed by atoms with van der Waals surface area (Å²) < 4.78 is 5.08. The first kappa shape index (κ1) is 16.8. The van der Waals surface area contributed by atoms with Crippen molar-refractivity contribution in [2.45, 2.75) is 13.3 Å². The fourth-order valence-corrected chi connectivity index (χ4v) is 2.40. The molecule has 2 amide bonds. The van der Waals surface area contributed by atoms with E-state index in [1.54, 1.807) is 31.2 Å². The van der Waals surface area contributed by atoms with E-state index in [1.165, 1.54) is 12.0 Å². The number of anilines is 1. The van der Waals surface area contributed by atoms with E-state index < -0.39 is 17.8 Å². The zero-order valence-electron chi connectivity index (χ0n) is 13.1. The Balaban J connectivity index is 1.92. The number of nitrogens with one attached hydrogen (secondary N) is 1. The Morgan fingerprint density at radius 1 is 1.35 bits per heavy atom. The predicted molar refractivity (Wildman–Crippen MR) is 83.1 cm³/mol. The van der Waals surface area contributed by atoms with Crippen molar-refractivity contribution in [3.8, 4) is 5.75 Å². The first-order chi connectivity index (χ1) is 11.0. The lowest BCUT2D eigenvalue weighted by molar-refractivity contribution is -0.142. The van der Waals surface area contributed by atoms with E-state index in [-0.39, 0.29) is 18.4 Å². The molecular formula is C16H20N2O5. The summed E-state index contributed by atoms with van der Waals surface area (Å²) in [4.78, 5) is 36.5. The molecule has 1 saturated carbocycles. The fourth-order valence-electron chi connectivity index (χ4n) is 2.40. The molecule has 7 heteroatoms. The third kappa shape index (κ3) is 4.21. The molecule has 0 radical (unpaired) electrons. The Morgan fingerprint density at radius 3 is 2.65 bits per heavy atom. The highest BCUT2D eigenvalue weighted by Crippen LogP contribution is 2.40. The molecule has 23 heavy (non-hydrogen) atoms. The number of carboxylic acid groups (broad SMARTS) is 1. The minimum Gasteiger partial charge on any atom is -0.497 e. The maximum absolute atomic E-state index is 12.2. The number of hydrogen-bond donors (Lipinski definition) is 2. The van der Waals surface area contributed by atoms with Gasteiger partial charge >= 0.3 is 5.97 Å². The fraction of sp³-hybridized carbons (Fsp3) is 0.438. The number of methoxy groups -OCH3 is 1. The van der Waals surface area contributed by atoms with Gasteiger partial charge in [-0.2, -0.15) is 0 Å². The van der Waals surface area contributed by atoms with Crippen LogP contribution in [0.25, 0.3) is 0 Å². The van der Waals surface area contributed by atoms with Gasteiger partial charge in [-0.15, -0.1) is 0 Å². The molecule has 1 fully saturated rings. The van der Waals surface area contributed by atoms with Gasteiger partial charge in [0.25, 0.3) is 0 Å². The smallest absolute Gasteiger partial charge is 0.307 e. The summed E-state index contributed by atoms with van der Waals surface area (Å²) in [7, 11) is 1.53. The zero-order chi connectivity index (χ0) is 17.0. The number of rotatable bonds is 7. The number of hydrogen-bond acceptors (Lipinski definition) is 4. The Hall–Kier alpha value is -2.57. The zero-order valence-corrected chi connectivity index (χ0v) is 13.1. The van der Waals surface area contributed by atoms with E-state index in [9.17, 15) is 14.4 Å². The standard InChI is InChI=1S/C16H20N2O5/c1-3-18(15(20)12-8-13(12)16(21)22)9-14(19)17-10-5-4-6-11(7-10)23-2/h4-7,12-13H,3,8-9H2,1-2H3,(H,17,19)(H,21,22). The van der Waals surface area contributed by atoms with Crippen LogP contribution >= 0.6 is 0 Å². The van der Waals surface area contributed by atoms with Gasteiger partial charge in [-0.1, -0.05) is 6.07 Å². The Kier molecular flexibility index (Phi) is 5.20. The molecule has 0 aliphatic heterocycles. The Labute approximate surface area is 134 Å². The van der Waals surface area contributed by atoms with Crippen LogP contribution in [0.4, 0.5) is 5.69 Å². The second-order valence-electron chi connectivity index (χ2n) is 5.42. The third-order valence-electron chi connectivity index (χ3n) is 3.81. The summed E-state index contributed by atoms with van der Waals surface area (Å²) in [6.45, 7) is 2.01. The number of ether oxygens (including phenoxy) is 1. The van der Waals surface area contributed by atoms with Gasteiger partial charge in [-0.25, -0.2) is 0 Å². The van der Waals surface area contributed by atoms with Gasteiger partial charge in [-0.3, -0.25) is 14.4 Å². The van der Waals surface area contributed by atoms with Crippen molar-refractivity contribution in [1.82, 2.24) is 4.90 Å². The molecule has 2 unspecified atom stereocenters. The number of nitrogens with zero attached hydrogens (tertiary/aromatic N) is 1. The van der Waals surface area contributed by atoms with E-state index in [2.05, 4.69) is 5.32 Å². The van der Waals surface area contributed by atoms with Crippen molar-refractivity contribution < 1.29 is 24.2 Å². The number of amides is 2. The van der Waals surface area contributed by atoms with Gasteiger partial charge in [0.15, 0.2) is 0 Å². The molecule has 7 nitrogen and oxygen atoms in total. The van der Waals surface area contributed by atoms with Gasteiger partial charge in [-0.05, 0) is 25.5 Å². The van der Waals surface area contributed by atoms with Crippen molar-refractivity contribution in [2.75, 3.05) is 25.5 Å². The van der Waals surface area contributed by atoms with Crippen molar-refractivity contribution in [1.29, 1.82) is 0 Å². The molecule has 0 bridgehead atoms. The topological polar surface area (TPSA) is 95.9 Å². The summed E-state index contributed by atoms with van der Waals surface area (Å²) in [6, 6.07) is 6.91. The minimum atomic E-state index is -0.958. The van der Waals surface area contributed by atoms with Crippen LogP contribution in [0.5, 0.6) is 5.75 Å². The minimum absolute atomic E-state index is 0.102. The summed E-state index contributed by atoms with van der Waals surface area (Å²) in [5.74, 6) is -2.06. The number of likely N-dealkylation sites (N-methyl/N-ethyl adjacent to an activating group) is 1. The lowest BCUT2D eigenvalue weighted by Crippen LogP contribution is -2.39. The highest BCUT2D eigenvalue weighted by Gasteiger charge is 2.49. The van der Waals surface area contributed by atoms with Crippen LogP contribution in [0.2, 0.25) is 0 Å². The van der Waals surface area contributed by atoms with Gasteiger partial charge in [0, 0.05) is 18.3 Å². The van der Waals surface area contributed by atoms with Crippen LogP contribution in [0, 0.1) is 11.8 Å². The summed E-state index contributed by atoms with van der Waals surface area (Å²) in [6.07, 6.45) is 0.349. The van der Waals surface area contributed by atoms with Crippen LogP contribution < -0.4 is 10.1 Å². The molecule has 124 valence electrons. The summed E-state index contributed by atoms with van der Waals surface area (Å²) >= 11 is 0. The van der Waals surface area contributed by atoms with Crippen LogP contribution in [-0.4, -0.2) is 48.0 Å². The molecule has 1 aromatic carbocycles. The van der Waals surface area contributed by atoms with Gasteiger partial charge in [0.1, 0.15) is 5.75 Å². The van der Waals surface area contributed by atoms with Crippen molar-refractivity contribution in [2.24, 2.45) is 11.8 Å². The van der Waals surface area contributed by atoms with Crippen molar-refractivity contribution >= 4 is 23.5 Å². The molecule has 2 rings (SSSR count). The van der Waals surface area contributed by atoms with Crippen molar-refractivity contribution in [3.05, 3.63) is 24.3 Å². The molecule has 0 heterocycles. The highest BCUT2D eigenvalue weighted by atomic mass is 16.5. The van der Waals surface area contributed by atoms with Crippen LogP contribution in [0.3, 0.4) is 0 Å². The maximum atomic E-state index is 12.2. The Bertz CT molecular complexity index is 616. The first-order valence-electron chi connectivity index (χ1n) is 7.41. The summed E-state index contributed by atoms with van der Waals surface area (Å²) in [5.41, 5.74) is 0.577. The highest BCUT2D eigenvalue weighted by molar-refractivity contribution is 5.96. The lowest BCUT2D eigenvalue weighted by Gasteiger charge is -2.20. The second-order valence-corrected chi connectivity index (χ2v) is 5.42. The van der Waals surface area contributed by atoms with Crippen molar-refractivity contribution in [3.63, 3.8) is 0 Å². The average molecular weight is 320 g/mol. The third-order valence-corrected chi connectivity index (χ3v) is 3.81. The van der Waals surface area contributed by atoms with Gasteiger partial charge in [0.05, 0.1) is 25.5 Å². The van der Waals surface area contributed by atoms with Gasteiger partial charge < -0.3 is 20.1 Å². The number of aliphatic carboxylic acids is 1. The predicted octanol–water partition coefficient (Wildman–Crippen LogP) is 1.20. The number of carbonyl (C=O) groups excluding carboxylic acids is 2. The second kappa shape index (κ2) is 7.13. The molecule has 1 aliphatic carbocycles. The summed E-state index contributed by atoms with van der Waals surface area (Å²) in [5, 5.41) is 11.6. The van der Waals surface area contributed by atoms with Crippen LogP contribution in [-0.2, 0) is 14.4 Å². The molecular weight excluding hydrogens is 300 g/mol. The molecule has 2 N–H and O–H groups in total. The van der Waals surface area contributed by atoms with Crippen LogP contribution in [0.1, 0.15) is 13.3 Å². The lowest BCUT2D eigenvalue weighted by atomic mass is 10.2. The van der Waals surface area contributed by atoms with E-state index in [4.69, 9.17) is 9.84 Å². The normalized spacial score (nSPS) is 18.9. The number of benzene rings is 1. The molecule has 0 spiro atoms. The SMILES string of the molecule is CCN(CC(=O)Nc1cccc(OC)c1)C(=O)C1CC1C(=O)O. The van der Waals surface area contributed by atoms with Crippen LogP contribution in [0.15, 0.2) is 24.3 Å². The maximum Gasteiger partial charge on any atom is 0.307 e. The van der Waals surface area contributed by atoms with E-state index in [0.717, 1.165) is 0 Å². The van der Waals surface area contributed by atoms with E-state index >= 15 is 0 Å². The number of carbonyl (C=O) groups is 3. The monoisotopic (exact) mass is 320 g/mol.